The molecule has 11 heavy (non-hydrogen) atoms. The summed E-state index contributed by atoms with van der Waals surface area (Å²) in [5, 5.41) is 0. The van der Waals surface area contributed by atoms with Crippen molar-refractivity contribution < 1.29 is 45.3 Å². The molecule has 60 valence electrons. The summed E-state index contributed by atoms with van der Waals surface area (Å²) in [5.74, 6) is 0. The van der Waals surface area contributed by atoms with Gasteiger partial charge in [0.25, 0.3) is 0 Å². The molecule has 0 bridgehead atoms. The minimum Gasteiger partial charge on any atom is -1.00 e. The van der Waals surface area contributed by atoms with Gasteiger partial charge in [0.1, 0.15) is 0 Å². The van der Waals surface area contributed by atoms with E-state index in [4.69, 9.17) is 4.74 Å². The Morgan fingerprint density at radius 3 is 1.55 bits per heavy atom. The molecule has 0 aliphatic heterocycles. The van der Waals surface area contributed by atoms with Crippen molar-refractivity contribution in [3.8, 4) is 0 Å². The zero-order chi connectivity index (χ0) is 6.95. The molecule has 0 saturated heterocycles. The molecule has 0 amide bonds. The Hall–Kier alpha value is 1.15. The van der Waals surface area contributed by atoms with E-state index in [1.54, 1.807) is 0 Å². The SMILES string of the molecule is CCCCOCCCC.[H-].[H-].[Li+].[Li+]. The second-order valence-corrected chi connectivity index (χ2v) is 2.32. The van der Waals surface area contributed by atoms with Gasteiger partial charge in [-0.05, 0) is 12.8 Å². The van der Waals surface area contributed by atoms with E-state index < -0.39 is 0 Å². The molecular weight excluding hydrogens is 126 g/mol. The monoisotopic (exact) mass is 146 g/mol. The van der Waals surface area contributed by atoms with Crippen LogP contribution in [0.4, 0.5) is 0 Å². The molecule has 0 N–H and O–H groups in total. The Morgan fingerprint density at radius 2 is 1.27 bits per heavy atom. The number of unbranched alkanes of at least 4 members (excludes halogenated alkanes) is 2. The van der Waals surface area contributed by atoms with Crippen LogP contribution < -0.4 is 37.7 Å². The van der Waals surface area contributed by atoms with Crippen molar-refractivity contribution in [2.75, 3.05) is 13.2 Å². The Kier molecular flexibility index (Phi) is 28.4. The van der Waals surface area contributed by atoms with Crippen LogP contribution in [0.5, 0.6) is 0 Å². The smallest absolute Gasteiger partial charge is 1.00 e. The molecule has 1 nitrogen and oxygen atoms in total. The third kappa shape index (κ3) is 18.3. The van der Waals surface area contributed by atoms with Gasteiger partial charge in [-0.2, -0.15) is 0 Å². The van der Waals surface area contributed by atoms with Gasteiger partial charge in [-0.15, -0.1) is 0 Å². The van der Waals surface area contributed by atoms with E-state index in [9.17, 15) is 0 Å². The number of rotatable bonds is 6. The topological polar surface area (TPSA) is 9.23 Å². The zero-order valence-corrected chi connectivity index (χ0v) is 8.65. The van der Waals surface area contributed by atoms with Crippen LogP contribution in [0.25, 0.3) is 0 Å². The fourth-order valence-electron chi connectivity index (χ4n) is 0.595. The minimum atomic E-state index is 0. The molecule has 0 saturated carbocycles. The summed E-state index contributed by atoms with van der Waals surface area (Å²) in [5.41, 5.74) is 0. The standard InChI is InChI=1S/C8H18O.2Li.2H/c1-3-5-7-9-8-6-4-2;;;;/h3-8H2,1-2H3;;;;/q;2*+1;2*-1. The molecule has 3 heteroatoms. The van der Waals surface area contributed by atoms with Crippen LogP contribution in [-0.4, -0.2) is 13.2 Å². The van der Waals surface area contributed by atoms with Gasteiger partial charge in [-0.25, -0.2) is 0 Å². The Balaban J connectivity index is -0.0000000533. The average molecular weight is 146 g/mol. The normalized spacial score (nSPS) is 8.18. The first-order valence-electron chi connectivity index (χ1n) is 3.99. The third-order valence-electron chi connectivity index (χ3n) is 1.28. The minimum absolute atomic E-state index is 0. The number of hydrogen-bond acceptors (Lipinski definition) is 1. The zero-order valence-electron chi connectivity index (χ0n) is 10.7. The molecule has 0 unspecified atom stereocenters. The summed E-state index contributed by atoms with van der Waals surface area (Å²) in [6.07, 6.45) is 4.91. The van der Waals surface area contributed by atoms with Crippen LogP contribution in [0.2, 0.25) is 0 Å². The Labute approximate surface area is 98.0 Å². The molecule has 0 aliphatic carbocycles. The van der Waals surface area contributed by atoms with Gasteiger partial charge in [0, 0.05) is 13.2 Å². The predicted molar refractivity (Wildman–Crippen MR) is 42.9 cm³/mol. The summed E-state index contributed by atoms with van der Waals surface area (Å²) in [6, 6.07) is 0. The molecule has 0 radical (unpaired) electrons. The predicted octanol–water partition coefficient (Wildman–Crippen LogP) is -3.16. The fourth-order valence-corrected chi connectivity index (χ4v) is 0.595. The van der Waals surface area contributed by atoms with Gasteiger partial charge in [0.15, 0.2) is 0 Å². The number of hydrogen-bond donors (Lipinski definition) is 0. The van der Waals surface area contributed by atoms with Gasteiger partial charge >= 0.3 is 37.7 Å². The second kappa shape index (κ2) is 17.3. The van der Waals surface area contributed by atoms with Crippen LogP contribution in [-0.2, 0) is 4.74 Å². The van der Waals surface area contributed by atoms with Crippen molar-refractivity contribution in [1.29, 1.82) is 0 Å². The van der Waals surface area contributed by atoms with Crippen LogP contribution in [0.1, 0.15) is 42.4 Å². The third-order valence-corrected chi connectivity index (χ3v) is 1.28. The van der Waals surface area contributed by atoms with Gasteiger partial charge in [-0.3, -0.25) is 0 Å². The quantitative estimate of drug-likeness (QED) is 0.284. The van der Waals surface area contributed by atoms with E-state index in [-0.39, 0.29) is 40.6 Å². The second-order valence-electron chi connectivity index (χ2n) is 2.32. The molecule has 0 aromatic carbocycles. The molecule has 0 aliphatic rings. The van der Waals surface area contributed by atoms with Crippen LogP contribution in [0, 0.1) is 0 Å². The van der Waals surface area contributed by atoms with E-state index in [1.165, 1.54) is 25.7 Å². The summed E-state index contributed by atoms with van der Waals surface area (Å²) in [6.45, 7) is 6.28. The van der Waals surface area contributed by atoms with E-state index in [1.807, 2.05) is 0 Å². The summed E-state index contributed by atoms with van der Waals surface area (Å²) in [7, 11) is 0. The maximum absolute atomic E-state index is 5.31. The van der Waals surface area contributed by atoms with Crippen LogP contribution in [0.3, 0.4) is 0 Å². The van der Waals surface area contributed by atoms with Crippen molar-refractivity contribution in [3.05, 3.63) is 0 Å². The Morgan fingerprint density at radius 1 is 0.909 bits per heavy atom. The van der Waals surface area contributed by atoms with Gasteiger partial charge in [0.2, 0.25) is 0 Å². The molecule has 0 atom stereocenters. The van der Waals surface area contributed by atoms with Crippen molar-refractivity contribution in [2.45, 2.75) is 39.5 Å². The van der Waals surface area contributed by atoms with Gasteiger partial charge < -0.3 is 7.59 Å². The van der Waals surface area contributed by atoms with Gasteiger partial charge in [-0.1, -0.05) is 26.7 Å². The van der Waals surface area contributed by atoms with Crippen molar-refractivity contribution >= 4 is 0 Å². The van der Waals surface area contributed by atoms with E-state index >= 15 is 0 Å². The molecule has 0 heterocycles. The summed E-state index contributed by atoms with van der Waals surface area (Å²) in [4.78, 5) is 0. The first-order valence-corrected chi connectivity index (χ1v) is 3.99. The molecule has 0 fully saturated rings. The Bertz CT molecular complexity index is 53.4. The maximum atomic E-state index is 5.31. The molecule has 0 aromatic rings. The van der Waals surface area contributed by atoms with Crippen LogP contribution in [0.15, 0.2) is 0 Å². The maximum Gasteiger partial charge on any atom is 1.00 e. The van der Waals surface area contributed by atoms with Crippen LogP contribution >= 0.6 is 0 Å². The first kappa shape index (κ1) is 18.0. The van der Waals surface area contributed by atoms with E-state index in [0.29, 0.717) is 0 Å². The first-order chi connectivity index (χ1) is 4.41. The average Bonchev–Trinajstić information content (AvgIpc) is 1.89. The molecular formula is C8H20Li2O. The summed E-state index contributed by atoms with van der Waals surface area (Å²) < 4.78 is 5.31. The molecule has 0 aromatic heterocycles. The van der Waals surface area contributed by atoms with Crippen molar-refractivity contribution in [2.24, 2.45) is 0 Å². The largest absolute Gasteiger partial charge is 1.00 e. The fraction of sp³-hybridized carbons (Fsp3) is 1.00. The van der Waals surface area contributed by atoms with Crippen molar-refractivity contribution in [1.82, 2.24) is 0 Å². The summed E-state index contributed by atoms with van der Waals surface area (Å²) >= 11 is 0. The van der Waals surface area contributed by atoms with E-state index in [2.05, 4.69) is 13.8 Å². The van der Waals surface area contributed by atoms with Gasteiger partial charge in [0.05, 0.1) is 0 Å². The molecule has 0 rings (SSSR count). The van der Waals surface area contributed by atoms with Crippen molar-refractivity contribution in [3.63, 3.8) is 0 Å². The van der Waals surface area contributed by atoms with E-state index in [0.717, 1.165) is 13.2 Å². The number of ether oxygens (including phenoxy) is 1. The molecule has 0 spiro atoms.